The number of carbonyl (C=O) groups excluding carboxylic acids is 2. The van der Waals surface area contributed by atoms with Gasteiger partial charge in [0.2, 0.25) is 0 Å². The third-order valence-electron chi connectivity index (χ3n) is 8.98. The zero-order chi connectivity index (χ0) is 40.0. The van der Waals surface area contributed by atoms with Crippen molar-refractivity contribution in [3.8, 4) is 22.5 Å². The Morgan fingerprint density at radius 2 is 1.65 bits per heavy atom. The Morgan fingerprint density at radius 1 is 0.981 bits per heavy atom. The van der Waals surface area contributed by atoms with Gasteiger partial charge in [0, 0.05) is 24.2 Å². The fourth-order valence-electron chi connectivity index (χ4n) is 5.99. The number of rotatable bonds is 12. The lowest BCUT2D eigenvalue weighted by molar-refractivity contribution is -0.135. The zero-order valence-electron chi connectivity index (χ0n) is 30.0. The number of hydrogen-bond donors (Lipinski definition) is 2. The molecule has 0 spiro atoms. The number of guanidine groups is 1. The summed E-state index contributed by atoms with van der Waals surface area (Å²) in [4.78, 5) is 37.6. The average molecular weight is 782 g/mol. The van der Waals surface area contributed by atoms with Crippen LogP contribution in [0.4, 0.5) is 31.1 Å². The molecule has 5 rings (SSSR count). The van der Waals surface area contributed by atoms with E-state index >= 15 is 0 Å². The average Bonchev–Trinajstić information content (AvgIpc) is 3.81. The van der Waals surface area contributed by atoms with Gasteiger partial charge in [0.05, 0.1) is 17.3 Å². The molecule has 0 bridgehead atoms. The van der Waals surface area contributed by atoms with E-state index in [1.165, 1.54) is 30.6 Å². The maximum Gasteiger partial charge on any atom is 0.407 e. The third kappa shape index (κ3) is 8.02. The number of aromatic nitrogens is 5. The highest BCUT2D eigenvalue weighted by molar-refractivity contribution is 6.33. The molecule has 19 heteroatoms. The Balaban J connectivity index is 1.59. The molecular formula is C35H38ClF6N9O3. The van der Waals surface area contributed by atoms with Crippen molar-refractivity contribution in [3.63, 3.8) is 0 Å². The summed E-state index contributed by atoms with van der Waals surface area (Å²) in [6, 6.07) is 9.31. The van der Waals surface area contributed by atoms with Crippen LogP contribution in [0.25, 0.3) is 22.5 Å². The first-order valence-electron chi connectivity index (χ1n) is 16.5. The largest absolute Gasteiger partial charge is 0.447 e. The molecule has 290 valence electrons. The highest BCUT2D eigenvalue weighted by Crippen LogP contribution is 2.46. The molecule has 0 saturated heterocycles. The number of nitrogens with two attached hydrogens (primary N) is 1. The van der Waals surface area contributed by atoms with Gasteiger partial charge in [-0.1, -0.05) is 62.7 Å². The van der Waals surface area contributed by atoms with E-state index < -0.39 is 60.2 Å². The first kappa shape index (κ1) is 40.1. The molecule has 0 saturated carbocycles. The maximum atomic E-state index is 14.9. The number of nitrogens with one attached hydrogen (secondary N) is 1. The van der Waals surface area contributed by atoms with Gasteiger partial charge in [0.25, 0.3) is 11.8 Å². The topological polar surface area (TPSA) is 146 Å². The van der Waals surface area contributed by atoms with E-state index in [1.54, 1.807) is 24.3 Å². The van der Waals surface area contributed by atoms with Crippen LogP contribution in [0.1, 0.15) is 78.2 Å². The van der Waals surface area contributed by atoms with Crippen LogP contribution >= 0.6 is 11.6 Å². The molecule has 4 aromatic rings. The van der Waals surface area contributed by atoms with E-state index in [-0.39, 0.29) is 34.4 Å². The van der Waals surface area contributed by atoms with Gasteiger partial charge in [-0.25, -0.2) is 28.2 Å². The Labute approximate surface area is 311 Å². The number of aliphatic imine (C=N–C) groups is 1. The number of nitrogens with zero attached hydrogens (tertiary/aromatic N) is 7. The zero-order valence-corrected chi connectivity index (χ0v) is 30.8. The Bertz CT molecular complexity index is 2040. The second-order valence-electron chi connectivity index (χ2n) is 14.6. The fraction of sp³-hybridized carbons (Fsp3) is 0.429. The van der Waals surface area contributed by atoms with E-state index in [0.717, 1.165) is 25.1 Å². The number of benzene rings is 2. The molecule has 3 heterocycles. The van der Waals surface area contributed by atoms with Gasteiger partial charge >= 0.3 is 19.2 Å². The molecule has 0 unspecified atom stereocenters. The first-order valence-corrected chi connectivity index (χ1v) is 16.8. The lowest BCUT2D eigenvalue weighted by Gasteiger charge is -2.35. The summed E-state index contributed by atoms with van der Waals surface area (Å²) in [5.41, 5.74) is 3.78. The van der Waals surface area contributed by atoms with E-state index in [4.69, 9.17) is 27.1 Å². The van der Waals surface area contributed by atoms with Gasteiger partial charge in [-0.3, -0.25) is 9.69 Å². The molecular weight excluding hydrogens is 744 g/mol. The van der Waals surface area contributed by atoms with Crippen molar-refractivity contribution in [2.24, 2.45) is 16.1 Å². The molecule has 2 aromatic carbocycles. The van der Waals surface area contributed by atoms with Crippen LogP contribution in [0, 0.1) is 5.41 Å². The van der Waals surface area contributed by atoms with Gasteiger partial charge in [-0.15, -0.1) is 0 Å². The summed E-state index contributed by atoms with van der Waals surface area (Å²) in [7, 11) is 0. The number of alkyl halides is 6. The van der Waals surface area contributed by atoms with Gasteiger partial charge in [0.15, 0.2) is 17.3 Å². The van der Waals surface area contributed by atoms with Gasteiger partial charge in [-0.05, 0) is 54.5 Å². The molecule has 3 N–H and O–H groups in total. The highest BCUT2D eigenvalue weighted by Gasteiger charge is 2.53. The molecule has 0 radical (unpaired) electrons. The molecule has 0 aliphatic carbocycles. The smallest absolute Gasteiger partial charge is 0.407 e. The molecule has 54 heavy (non-hydrogen) atoms. The molecule has 2 amide bonds. The van der Waals surface area contributed by atoms with E-state index in [9.17, 15) is 35.9 Å². The summed E-state index contributed by atoms with van der Waals surface area (Å²) in [6.45, 7) is 1.87. The minimum Gasteiger partial charge on any atom is -0.447 e. The fourth-order valence-corrected chi connectivity index (χ4v) is 6.19. The van der Waals surface area contributed by atoms with Crippen molar-refractivity contribution in [1.29, 1.82) is 0 Å². The molecule has 2 atom stereocenters. The highest BCUT2D eigenvalue weighted by atomic mass is 35.5. The second kappa shape index (κ2) is 14.6. The molecule has 1 aliphatic heterocycles. The van der Waals surface area contributed by atoms with Crippen LogP contribution in [-0.2, 0) is 15.1 Å². The minimum absolute atomic E-state index is 0.00589. The minimum atomic E-state index is -3.36. The van der Waals surface area contributed by atoms with Crippen LogP contribution in [-0.4, -0.2) is 65.5 Å². The Hall–Kier alpha value is -5.13. The number of ether oxygens (including phenoxy) is 1. The lowest BCUT2D eigenvalue weighted by atomic mass is 9.75. The first-order chi connectivity index (χ1) is 25.0. The van der Waals surface area contributed by atoms with Crippen LogP contribution in [0.5, 0.6) is 0 Å². The molecule has 0 fully saturated rings. The number of carbonyl (C=O) groups is 2. The van der Waals surface area contributed by atoms with Gasteiger partial charge in [0.1, 0.15) is 18.5 Å². The van der Waals surface area contributed by atoms with Crippen molar-refractivity contribution in [2.75, 3.05) is 6.61 Å². The maximum absolute atomic E-state index is 14.9. The van der Waals surface area contributed by atoms with Crippen molar-refractivity contribution in [1.82, 2.24) is 34.8 Å². The van der Waals surface area contributed by atoms with E-state index in [0.29, 0.717) is 33.0 Å². The van der Waals surface area contributed by atoms with E-state index in [2.05, 4.69) is 20.5 Å². The standard InChI is InChI=1S/C35H38ClF6N9O3/c1-32(2,3)17-35(22-10-7-19(8-11-22)21-14-45-49(15-21)28(37)38)27(52)50(30(43)47-35)25(16-54-31(53)48-33(4,5)34(6,41)42)20-9-12-24(36)23(13-20)26-44-18-46-51(26)29(39)40/h7-15,18,25,28-29H,16-17H2,1-6H3,(H2,43,47)(H,48,53)/t25-,35-/m1/s1. The third-order valence-corrected chi connectivity index (χ3v) is 9.31. The predicted octanol–water partition coefficient (Wildman–Crippen LogP) is 7.94. The summed E-state index contributed by atoms with van der Waals surface area (Å²) in [6.07, 6.45) is 2.23. The lowest BCUT2D eigenvalue weighted by Crippen LogP contribution is -2.55. The van der Waals surface area contributed by atoms with Crippen molar-refractivity contribution in [2.45, 2.75) is 84.1 Å². The second-order valence-corrected chi connectivity index (χ2v) is 15.0. The summed E-state index contributed by atoms with van der Waals surface area (Å²) >= 11 is 6.44. The Kier molecular flexibility index (Phi) is 10.8. The number of amides is 2. The van der Waals surface area contributed by atoms with Gasteiger partial charge in [-0.2, -0.15) is 32.4 Å². The summed E-state index contributed by atoms with van der Waals surface area (Å²) in [5, 5.41) is 9.36. The molecule has 2 aromatic heterocycles. The normalized spacial score (nSPS) is 17.4. The van der Waals surface area contributed by atoms with Crippen molar-refractivity contribution < 1.29 is 40.7 Å². The van der Waals surface area contributed by atoms with Crippen LogP contribution < -0.4 is 11.1 Å². The van der Waals surface area contributed by atoms with E-state index in [1.807, 2.05) is 20.8 Å². The quantitative estimate of drug-likeness (QED) is 0.139. The van der Waals surface area contributed by atoms with Gasteiger partial charge < -0.3 is 15.8 Å². The summed E-state index contributed by atoms with van der Waals surface area (Å²) in [5.74, 6) is -4.62. The van der Waals surface area contributed by atoms with Crippen molar-refractivity contribution in [3.05, 3.63) is 77.3 Å². The SMILES string of the molecule is CC(C)(C)C[C@]1(c2ccc(-c3cnn(C(F)F)c3)cc2)N=C(N)N([C@H](COC(=O)NC(C)(C)C(C)(F)F)c2ccc(Cl)c(-c3ncnn3C(F)F)c2)C1=O. The number of hydrogen-bond acceptors (Lipinski definition) is 8. The molecule has 12 nitrogen and oxygen atoms in total. The van der Waals surface area contributed by atoms with Crippen LogP contribution in [0.2, 0.25) is 5.02 Å². The number of halogens is 7. The van der Waals surface area contributed by atoms with Crippen LogP contribution in [0.3, 0.4) is 0 Å². The number of alkyl carbamates (subject to hydrolysis) is 1. The van der Waals surface area contributed by atoms with Crippen LogP contribution in [0.15, 0.2) is 66.2 Å². The van der Waals surface area contributed by atoms with Crippen molar-refractivity contribution >= 4 is 29.6 Å². The predicted molar refractivity (Wildman–Crippen MR) is 187 cm³/mol. The summed E-state index contributed by atoms with van der Waals surface area (Å²) < 4.78 is 88.8. The monoisotopic (exact) mass is 781 g/mol. The molecule has 1 aliphatic rings. The Morgan fingerprint density at radius 3 is 2.22 bits per heavy atom.